The number of benzene rings is 1. The summed E-state index contributed by atoms with van der Waals surface area (Å²) in [5.74, 6) is -0.465. The number of nitro benzene ring substituents is 1. The number of carbonyl (C=O) groups is 2. The number of rotatable bonds is 4. The Morgan fingerprint density at radius 3 is 2.44 bits per heavy atom. The van der Waals surface area contributed by atoms with Gasteiger partial charge in [-0.2, -0.15) is 0 Å². The molecule has 0 bridgehead atoms. The van der Waals surface area contributed by atoms with Crippen LogP contribution in [0.3, 0.4) is 0 Å². The van der Waals surface area contributed by atoms with Crippen molar-refractivity contribution in [2.75, 3.05) is 19.3 Å². The highest BCUT2D eigenvalue weighted by molar-refractivity contribution is 7.98. The van der Waals surface area contributed by atoms with Gasteiger partial charge < -0.3 is 15.0 Å². The Morgan fingerprint density at radius 1 is 1.30 bits per heavy atom. The molecule has 2 rings (SSSR count). The van der Waals surface area contributed by atoms with Gasteiger partial charge in [-0.15, -0.1) is 11.8 Å². The number of nitrogens with one attached hydrogen (secondary N) is 1. The van der Waals surface area contributed by atoms with E-state index in [-0.39, 0.29) is 23.4 Å². The van der Waals surface area contributed by atoms with E-state index in [9.17, 15) is 19.7 Å². The molecule has 2 amide bonds. The molecule has 1 aliphatic heterocycles. The number of thioether (sulfide) groups is 1. The van der Waals surface area contributed by atoms with Gasteiger partial charge >= 0.3 is 6.09 Å². The van der Waals surface area contributed by atoms with E-state index in [2.05, 4.69) is 5.32 Å². The number of nitrogens with zero attached hydrogens (tertiary/aromatic N) is 2. The molecule has 1 saturated heterocycles. The van der Waals surface area contributed by atoms with E-state index in [1.807, 2.05) is 27.0 Å². The molecule has 0 saturated carbocycles. The van der Waals surface area contributed by atoms with Crippen molar-refractivity contribution in [2.45, 2.75) is 50.2 Å². The normalized spacial score (nSPS) is 15.3. The Kier molecular flexibility index (Phi) is 6.69. The van der Waals surface area contributed by atoms with Crippen LogP contribution < -0.4 is 5.32 Å². The topological polar surface area (TPSA) is 102 Å². The van der Waals surface area contributed by atoms with Crippen molar-refractivity contribution in [2.24, 2.45) is 0 Å². The highest BCUT2D eigenvalue weighted by Gasteiger charge is 2.29. The van der Waals surface area contributed by atoms with Crippen LogP contribution in [0.4, 0.5) is 10.5 Å². The number of hydrogen-bond donors (Lipinski definition) is 1. The SMILES string of the molecule is CSc1ccc([N+](=O)[O-])c(C(=O)NC2CCN(C(=O)OC(C)(C)C)CC2)c1. The van der Waals surface area contributed by atoms with Gasteiger partial charge in [-0.3, -0.25) is 14.9 Å². The summed E-state index contributed by atoms with van der Waals surface area (Å²) in [4.78, 5) is 37.7. The molecule has 0 radical (unpaired) electrons. The Balaban J connectivity index is 1.98. The molecule has 0 aliphatic carbocycles. The van der Waals surface area contributed by atoms with E-state index in [0.717, 1.165) is 4.90 Å². The fraction of sp³-hybridized carbons (Fsp3) is 0.556. The Hall–Kier alpha value is -2.29. The van der Waals surface area contributed by atoms with Crippen LogP contribution in [0.2, 0.25) is 0 Å². The lowest BCUT2D eigenvalue weighted by Crippen LogP contribution is -2.47. The quantitative estimate of drug-likeness (QED) is 0.476. The molecule has 1 heterocycles. The first-order chi connectivity index (χ1) is 12.6. The first-order valence-corrected chi connectivity index (χ1v) is 9.94. The Morgan fingerprint density at radius 2 is 1.93 bits per heavy atom. The predicted molar refractivity (Wildman–Crippen MR) is 103 cm³/mol. The molecule has 27 heavy (non-hydrogen) atoms. The molecule has 1 aromatic rings. The maximum Gasteiger partial charge on any atom is 0.410 e. The summed E-state index contributed by atoms with van der Waals surface area (Å²) in [6, 6.07) is 4.37. The van der Waals surface area contributed by atoms with Crippen LogP contribution in [0.15, 0.2) is 23.1 Å². The monoisotopic (exact) mass is 395 g/mol. The molecule has 1 N–H and O–H groups in total. The average molecular weight is 395 g/mol. The van der Waals surface area contributed by atoms with E-state index in [0.29, 0.717) is 25.9 Å². The number of carbonyl (C=O) groups excluding carboxylic acids is 2. The zero-order valence-corrected chi connectivity index (χ0v) is 16.8. The van der Waals surface area contributed by atoms with Gasteiger partial charge in [-0.25, -0.2) is 4.79 Å². The van der Waals surface area contributed by atoms with Crippen molar-refractivity contribution in [1.29, 1.82) is 0 Å². The summed E-state index contributed by atoms with van der Waals surface area (Å²) in [7, 11) is 0. The smallest absolute Gasteiger partial charge is 0.410 e. The largest absolute Gasteiger partial charge is 0.444 e. The third-order valence-electron chi connectivity index (χ3n) is 4.13. The molecular formula is C18H25N3O5S. The van der Waals surface area contributed by atoms with E-state index >= 15 is 0 Å². The third kappa shape index (κ3) is 5.85. The number of nitro groups is 1. The number of amides is 2. The minimum Gasteiger partial charge on any atom is -0.444 e. The molecule has 0 spiro atoms. The molecular weight excluding hydrogens is 370 g/mol. The lowest BCUT2D eigenvalue weighted by atomic mass is 10.0. The summed E-state index contributed by atoms with van der Waals surface area (Å²) in [6.07, 6.45) is 2.62. The van der Waals surface area contributed by atoms with E-state index < -0.39 is 16.4 Å². The van der Waals surface area contributed by atoms with E-state index in [4.69, 9.17) is 4.74 Å². The maximum absolute atomic E-state index is 12.6. The van der Waals surface area contributed by atoms with Crippen molar-refractivity contribution in [1.82, 2.24) is 10.2 Å². The number of piperidine rings is 1. The van der Waals surface area contributed by atoms with Gasteiger partial charge in [-0.05, 0) is 52.0 Å². The minimum atomic E-state index is -0.552. The van der Waals surface area contributed by atoms with Gasteiger partial charge in [0.1, 0.15) is 11.2 Å². The summed E-state index contributed by atoms with van der Waals surface area (Å²) in [5.41, 5.74) is -0.707. The van der Waals surface area contributed by atoms with Crippen LogP contribution in [-0.2, 0) is 4.74 Å². The summed E-state index contributed by atoms with van der Waals surface area (Å²) in [5, 5.41) is 14.1. The minimum absolute atomic E-state index is 0.0569. The van der Waals surface area contributed by atoms with Crippen molar-refractivity contribution < 1.29 is 19.2 Å². The van der Waals surface area contributed by atoms with Gasteiger partial charge in [0, 0.05) is 30.1 Å². The predicted octanol–water partition coefficient (Wildman–Crippen LogP) is 3.45. The second-order valence-electron chi connectivity index (χ2n) is 7.36. The first-order valence-electron chi connectivity index (χ1n) is 8.72. The van der Waals surface area contributed by atoms with Crippen LogP contribution in [0.25, 0.3) is 0 Å². The highest BCUT2D eigenvalue weighted by atomic mass is 32.2. The maximum atomic E-state index is 12.6. The van der Waals surface area contributed by atoms with Crippen LogP contribution in [0.1, 0.15) is 44.0 Å². The molecule has 0 atom stereocenters. The van der Waals surface area contributed by atoms with Gasteiger partial charge in [0.2, 0.25) is 0 Å². The molecule has 1 aromatic carbocycles. The molecule has 9 heteroatoms. The number of ether oxygens (including phenoxy) is 1. The van der Waals surface area contributed by atoms with Gasteiger partial charge in [0.05, 0.1) is 4.92 Å². The second kappa shape index (κ2) is 8.60. The zero-order valence-electron chi connectivity index (χ0n) is 16.0. The molecule has 148 valence electrons. The standard InChI is InChI=1S/C18H25N3O5S/c1-18(2,3)26-17(23)20-9-7-12(8-10-20)19-16(22)14-11-13(27-4)5-6-15(14)21(24)25/h5-6,11-12H,7-10H2,1-4H3,(H,19,22). The summed E-state index contributed by atoms with van der Waals surface area (Å²) >= 11 is 1.41. The van der Waals surface area contributed by atoms with Gasteiger partial charge in [0.15, 0.2) is 0 Å². The molecule has 0 unspecified atom stereocenters. The first kappa shape index (κ1) is 21.0. The van der Waals surface area contributed by atoms with Crippen LogP contribution in [0.5, 0.6) is 0 Å². The van der Waals surface area contributed by atoms with Crippen LogP contribution >= 0.6 is 11.8 Å². The zero-order chi connectivity index (χ0) is 20.2. The molecule has 0 aromatic heterocycles. The third-order valence-corrected chi connectivity index (χ3v) is 4.85. The van der Waals surface area contributed by atoms with Gasteiger partial charge in [0.25, 0.3) is 11.6 Å². The highest BCUT2D eigenvalue weighted by Crippen LogP contribution is 2.25. The lowest BCUT2D eigenvalue weighted by Gasteiger charge is -2.33. The molecule has 1 aliphatic rings. The van der Waals surface area contributed by atoms with Crippen LogP contribution in [-0.4, -0.2) is 52.8 Å². The van der Waals surface area contributed by atoms with E-state index in [1.165, 1.54) is 23.9 Å². The second-order valence-corrected chi connectivity index (χ2v) is 8.23. The lowest BCUT2D eigenvalue weighted by molar-refractivity contribution is -0.385. The van der Waals surface area contributed by atoms with Crippen LogP contribution in [0, 0.1) is 10.1 Å². The Bertz CT molecular complexity index is 724. The molecule has 8 nitrogen and oxygen atoms in total. The molecule has 1 fully saturated rings. The average Bonchev–Trinajstić information content (AvgIpc) is 2.60. The van der Waals surface area contributed by atoms with Crippen molar-refractivity contribution >= 4 is 29.4 Å². The Labute approximate surface area is 162 Å². The van der Waals surface area contributed by atoms with Crippen molar-refractivity contribution in [3.8, 4) is 0 Å². The van der Waals surface area contributed by atoms with Gasteiger partial charge in [-0.1, -0.05) is 0 Å². The van der Waals surface area contributed by atoms with Crippen molar-refractivity contribution in [3.63, 3.8) is 0 Å². The van der Waals surface area contributed by atoms with E-state index in [1.54, 1.807) is 11.0 Å². The van der Waals surface area contributed by atoms with Crippen molar-refractivity contribution in [3.05, 3.63) is 33.9 Å². The fourth-order valence-corrected chi connectivity index (χ4v) is 3.22. The number of hydrogen-bond acceptors (Lipinski definition) is 6. The summed E-state index contributed by atoms with van der Waals surface area (Å²) < 4.78 is 5.35. The fourth-order valence-electron chi connectivity index (χ4n) is 2.78. The number of likely N-dealkylation sites (tertiary alicyclic amines) is 1. The summed E-state index contributed by atoms with van der Waals surface area (Å²) in [6.45, 7) is 6.37.